The van der Waals surface area contributed by atoms with E-state index in [4.69, 9.17) is 5.11 Å². The van der Waals surface area contributed by atoms with Crippen molar-refractivity contribution in [2.75, 3.05) is 11.9 Å². The third kappa shape index (κ3) is 7.53. The van der Waals surface area contributed by atoms with Crippen LogP contribution in [0.5, 0.6) is 0 Å². The second kappa shape index (κ2) is 10.9. The molecule has 0 aliphatic heterocycles. The van der Waals surface area contributed by atoms with Gasteiger partial charge < -0.3 is 15.7 Å². The lowest BCUT2D eigenvalue weighted by atomic mass is 10.0. The number of nitrogens with zero attached hydrogens (tertiary/aromatic N) is 1. The van der Waals surface area contributed by atoms with Gasteiger partial charge >= 0.3 is 5.97 Å². The zero-order valence-electron chi connectivity index (χ0n) is 14.7. The van der Waals surface area contributed by atoms with Crippen molar-refractivity contribution < 1.29 is 14.7 Å². The highest BCUT2D eigenvalue weighted by molar-refractivity contribution is 5.97. The molecule has 0 saturated heterocycles. The average molecular weight is 343 g/mol. The standard InChI is InChI=1S/C19H25N3O3/c1-14(2)16-8-5-6-9-17(16)22-13-15(12-20)19(25)21-11-7-3-4-10-18(23)24/h5-6,8-9,13-14,22H,3-4,7,10-11H2,1-2H3,(H,21,25)(H,23,24)/b15-13-. The van der Waals surface area contributed by atoms with Gasteiger partial charge in [-0.05, 0) is 30.4 Å². The van der Waals surface area contributed by atoms with Gasteiger partial charge in [0.1, 0.15) is 11.6 Å². The summed E-state index contributed by atoms with van der Waals surface area (Å²) in [5.41, 5.74) is 1.98. The molecule has 1 aromatic carbocycles. The first-order valence-corrected chi connectivity index (χ1v) is 8.41. The number of carbonyl (C=O) groups is 2. The van der Waals surface area contributed by atoms with E-state index in [2.05, 4.69) is 24.5 Å². The van der Waals surface area contributed by atoms with Gasteiger partial charge in [0.05, 0.1) is 0 Å². The molecule has 134 valence electrons. The van der Waals surface area contributed by atoms with E-state index in [9.17, 15) is 14.9 Å². The normalized spacial score (nSPS) is 11.0. The summed E-state index contributed by atoms with van der Waals surface area (Å²) in [4.78, 5) is 22.4. The van der Waals surface area contributed by atoms with Gasteiger partial charge in [-0.1, -0.05) is 38.5 Å². The number of nitriles is 1. The van der Waals surface area contributed by atoms with Gasteiger partial charge in [0.25, 0.3) is 5.91 Å². The van der Waals surface area contributed by atoms with Gasteiger partial charge in [-0.15, -0.1) is 0 Å². The Morgan fingerprint density at radius 2 is 1.96 bits per heavy atom. The van der Waals surface area contributed by atoms with E-state index in [0.717, 1.165) is 17.7 Å². The van der Waals surface area contributed by atoms with E-state index in [-0.39, 0.29) is 12.0 Å². The molecular weight excluding hydrogens is 318 g/mol. The quantitative estimate of drug-likeness (QED) is 0.343. The molecule has 0 aromatic heterocycles. The van der Waals surface area contributed by atoms with E-state index < -0.39 is 11.9 Å². The summed E-state index contributed by atoms with van der Waals surface area (Å²) < 4.78 is 0. The van der Waals surface area contributed by atoms with Crippen molar-refractivity contribution in [2.24, 2.45) is 0 Å². The number of carbonyl (C=O) groups excluding carboxylic acids is 1. The molecule has 0 atom stereocenters. The maximum absolute atomic E-state index is 12.0. The molecule has 0 heterocycles. The number of unbranched alkanes of at least 4 members (excludes halogenated alkanes) is 2. The molecule has 1 aromatic rings. The topological polar surface area (TPSA) is 102 Å². The van der Waals surface area contributed by atoms with Crippen LogP contribution >= 0.6 is 0 Å². The van der Waals surface area contributed by atoms with Crippen molar-refractivity contribution in [1.82, 2.24) is 5.32 Å². The molecule has 6 nitrogen and oxygen atoms in total. The lowest BCUT2D eigenvalue weighted by molar-refractivity contribution is -0.137. The van der Waals surface area contributed by atoms with Gasteiger partial charge in [-0.2, -0.15) is 5.26 Å². The number of hydrogen-bond donors (Lipinski definition) is 3. The summed E-state index contributed by atoms with van der Waals surface area (Å²) in [7, 11) is 0. The van der Waals surface area contributed by atoms with Crippen LogP contribution in [-0.4, -0.2) is 23.5 Å². The highest BCUT2D eigenvalue weighted by Gasteiger charge is 2.09. The van der Waals surface area contributed by atoms with Gasteiger partial charge in [-0.3, -0.25) is 9.59 Å². The Labute approximate surface area is 148 Å². The van der Waals surface area contributed by atoms with E-state index in [1.54, 1.807) is 0 Å². The van der Waals surface area contributed by atoms with Gasteiger partial charge in [0.2, 0.25) is 0 Å². The SMILES string of the molecule is CC(C)c1ccccc1N/C=C(/C#N)C(=O)NCCCCCC(=O)O. The first-order chi connectivity index (χ1) is 12.0. The van der Waals surface area contributed by atoms with Crippen LogP contribution in [0.25, 0.3) is 0 Å². The minimum absolute atomic E-state index is 0.00379. The van der Waals surface area contributed by atoms with Crippen molar-refractivity contribution in [2.45, 2.75) is 45.4 Å². The van der Waals surface area contributed by atoms with E-state index in [1.807, 2.05) is 30.3 Å². The largest absolute Gasteiger partial charge is 0.481 e. The summed E-state index contributed by atoms with van der Waals surface area (Å²) >= 11 is 0. The molecule has 0 spiro atoms. The highest BCUT2D eigenvalue weighted by atomic mass is 16.4. The molecule has 3 N–H and O–H groups in total. The van der Waals surface area contributed by atoms with E-state index in [0.29, 0.717) is 25.3 Å². The molecule has 6 heteroatoms. The summed E-state index contributed by atoms with van der Waals surface area (Å²) in [6, 6.07) is 9.65. The summed E-state index contributed by atoms with van der Waals surface area (Å²) in [6.45, 7) is 4.57. The summed E-state index contributed by atoms with van der Waals surface area (Å²) in [5, 5.41) is 23.4. The zero-order valence-corrected chi connectivity index (χ0v) is 14.7. The molecule has 0 bridgehead atoms. The van der Waals surface area contributed by atoms with Crippen molar-refractivity contribution in [3.8, 4) is 6.07 Å². The van der Waals surface area contributed by atoms with Crippen LogP contribution < -0.4 is 10.6 Å². The van der Waals surface area contributed by atoms with Crippen LogP contribution in [0.15, 0.2) is 36.0 Å². The number of carboxylic acid groups (broad SMARTS) is 1. The second-order valence-corrected chi connectivity index (χ2v) is 6.02. The molecule has 0 saturated carbocycles. The fraction of sp³-hybridized carbons (Fsp3) is 0.421. The fourth-order valence-corrected chi connectivity index (χ4v) is 2.31. The van der Waals surface area contributed by atoms with Crippen molar-refractivity contribution in [1.29, 1.82) is 5.26 Å². The van der Waals surface area contributed by atoms with E-state index >= 15 is 0 Å². The predicted octanol–water partition coefficient (Wildman–Crippen LogP) is 3.39. The number of hydrogen-bond acceptors (Lipinski definition) is 4. The first kappa shape index (κ1) is 20.2. The Hall–Kier alpha value is -2.81. The first-order valence-electron chi connectivity index (χ1n) is 8.41. The van der Waals surface area contributed by atoms with Crippen molar-refractivity contribution in [3.05, 3.63) is 41.6 Å². The van der Waals surface area contributed by atoms with Crippen LogP contribution in [0.1, 0.15) is 51.0 Å². The van der Waals surface area contributed by atoms with Gasteiger partial charge in [0, 0.05) is 24.9 Å². The Morgan fingerprint density at radius 1 is 1.24 bits per heavy atom. The summed E-state index contributed by atoms with van der Waals surface area (Å²) in [6.07, 6.45) is 3.54. The lowest BCUT2D eigenvalue weighted by Gasteiger charge is -2.12. The lowest BCUT2D eigenvalue weighted by Crippen LogP contribution is -2.26. The van der Waals surface area contributed by atoms with Gasteiger partial charge in [-0.25, -0.2) is 0 Å². The molecule has 1 rings (SSSR count). The zero-order chi connectivity index (χ0) is 18.7. The Kier molecular flexibility index (Phi) is 8.80. The predicted molar refractivity (Wildman–Crippen MR) is 97.0 cm³/mol. The van der Waals surface area contributed by atoms with E-state index in [1.165, 1.54) is 6.20 Å². The van der Waals surface area contributed by atoms with Crippen molar-refractivity contribution >= 4 is 17.6 Å². The Morgan fingerprint density at radius 3 is 2.60 bits per heavy atom. The smallest absolute Gasteiger partial charge is 0.303 e. The number of benzene rings is 1. The highest BCUT2D eigenvalue weighted by Crippen LogP contribution is 2.23. The molecule has 25 heavy (non-hydrogen) atoms. The fourth-order valence-electron chi connectivity index (χ4n) is 2.31. The number of nitrogens with one attached hydrogen (secondary N) is 2. The van der Waals surface area contributed by atoms with Crippen molar-refractivity contribution in [3.63, 3.8) is 0 Å². The number of anilines is 1. The third-order valence-corrected chi connectivity index (χ3v) is 3.67. The molecule has 0 radical (unpaired) electrons. The van der Waals surface area contributed by atoms with Crippen LogP contribution in [0.2, 0.25) is 0 Å². The second-order valence-electron chi connectivity index (χ2n) is 6.02. The van der Waals surface area contributed by atoms with Crippen LogP contribution in [-0.2, 0) is 9.59 Å². The number of aliphatic carboxylic acids is 1. The molecule has 0 fully saturated rings. The van der Waals surface area contributed by atoms with Crippen LogP contribution in [0.4, 0.5) is 5.69 Å². The molecule has 0 aliphatic carbocycles. The minimum Gasteiger partial charge on any atom is -0.481 e. The molecule has 1 amide bonds. The number of carboxylic acids is 1. The monoisotopic (exact) mass is 343 g/mol. The molecule has 0 unspecified atom stereocenters. The molecular formula is C19H25N3O3. The maximum atomic E-state index is 12.0. The third-order valence-electron chi connectivity index (χ3n) is 3.67. The van der Waals surface area contributed by atoms with Gasteiger partial charge in [0.15, 0.2) is 0 Å². The minimum atomic E-state index is -0.813. The number of amides is 1. The summed E-state index contributed by atoms with van der Waals surface area (Å²) in [5.74, 6) is -0.927. The maximum Gasteiger partial charge on any atom is 0.303 e. The Balaban J connectivity index is 2.52. The average Bonchev–Trinajstić information content (AvgIpc) is 2.58. The number of rotatable bonds is 10. The molecule has 0 aliphatic rings. The Bertz CT molecular complexity index is 660. The van der Waals surface area contributed by atoms with Crippen LogP contribution in [0.3, 0.4) is 0 Å². The number of para-hydroxylation sites is 1. The van der Waals surface area contributed by atoms with Crippen LogP contribution in [0, 0.1) is 11.3 Å².